The van der Waals surface area contributed by atoms with Gasteiger partial charge in [-0.25, -0.2) is 9.97 Å². The fraction of sp³-hybridized carbons (Fsp3) is 0.118. The number of nitrogens with two attached hydrogens (primary N) is 1. The van der Waals surface area contributed by atoms with Crippen LogP contribution in [0.25, 0.3) is 0 Å². The molecule has 0 saturated carbocycles. The van der Waals surface area contributed by atoms with Crippen molar-refractivity contribution in [3.05, 3.63) is 59.0 Å². The average molecular weight is 342 g/mol. The monoisotopic (exact) mass is 341 g/mol. The van der Waals surface area contributed by atoms with Crippen LogP contribution < -0.4 is 15.8 Å². The summed E-state index contributed by atoms with van der Waals surface area (Å²) in [5.74, 6) is 1.93. The minimum absolute atomic E-state index is 0.282. The SMILES string of the molecule is Cc1ccc(Oc2ncnc(Nc3ccc(Cl)cn3)c2N)cc1C. The molecule has 7 heteroatoms. The maximum absolute atomic E-state index is 6.11. The van der Waals surface area contributed by atoms with Gasteiger partial charge in [-0.15, -0.1) is 0 Å². The van der Waals surface area contributed by atoms with Crippen molar-refractivity contribution in [1.29, 1.82) is 0 Å². The highest BCUT2D eigenvalue weighted by molar-refractivity contribution is 6.30. The first-order chi connectivity index (χ1) is 11.5. The molecule has 2 heterocycles. The van der Waals surface area contributed by atoms with Gasteiger partial charge in [0.05, 0.1) is 5.02 Å². The lowest BCUT2D eigenvalue weighted by atomic mass is 10.1. The van der Waals surface area contributed by atoms with E-state index >= 15 is 0 Å². The third-order valence-electron chi connectivity index (χ3n) is 3.51. The fourth-order valence-corrected chi connectivity index (χ4v) is 2.13. The molecule has 3 aromatic rings. The zero-order valence-electron chi connectivity index (χ0n) is 13.2. The van der Waals surface area contributed by atoms with Crippen molar-refractivity contribution in [2.45, 2.75) is 13.8 Å². The molecule has 0 unspecified atom stereocenters. The van der Waals surface area contributed by atoms with E-state index in [-0.39, 0.29) is 5.88 Å². The fourth-order valence-electron chi connectivity index (χ4n) is 2.02. The number of aryl methyl sites for hydroxylation is 2. The van der Waals surface area contributed by atoms with Crippen LogP contribution in [0.2, 0.25) is 5.02 Å². The summed E-state index contributed by atoms with van der Waals surface area (Å²) in [5, 5.41) is 3.57. The summed E-state index contributed by atoms with van der Waals surface area (Å²) < 4.78 is 5.78. The zero-order valence-corrected chi connectivity index (χ0v) is 14.0. The summed E-state index contributed by atoms with van der Waals surface area (Å²) in [6.45, 7) is 4.06. The lowest BCUT2D eigenvalue weighted by molar-refractivity contribution is 0.464. The van der Waals surface area contributed by atoms with E-state index in [0.717, 1.165) is 5.56 Å². The number of benzene rings is 1. The molecule has 24 heavy (non-hydrogen) atoms. The molecular weight excluding hydrogens is 326 g/mol. The summed E-state index contributed by atoms with van der Waals surface area (Å²) in [7, 11) is 0. The van der Waals surface area contributed by atoms with E-state index in [1.807, 2.05) is 32.0 Å². The van der Waals surface area contributed by atoms with Gasteiger partial charge in [-0.05, 0) is 49.2 Å². The Balaban J connectivity index is 1.84. The van der Waals surface area contributed by atoms with Crippen molar-refractivity contribution in [2.24, 2.45) is 0 Å². The van der Waals surface area contributed by atoms with E-state index < -0.39 is 0 Å². The number of rotatable bonds is 4. The number of ether oxygens (including phenoxy) is 1. The van der Waals surface area contributed by atoms with Gasteiger partial charge in [0.25, 0.3) is 0 Å². The summed E-state index contributed by atoms with van der Waals surface area (Å²) in [6.07, 6.45) is 2.92. The summed E-state index contributed by atoms with van der Waals surface area (Å²) >= 11 is 5.82. The predicted molar refractivity (Wildman–Crippen MR) is 95.0 cm³/mol. The van der Waals surface area contributed by atoms with Gasteiger partial charge < -0.3 is 15.8 Å². The van der Waals surface area contributed by atoms with Gasteiger partial charge in [-0.2, -0.15) is 4.98 Å². The highest BCUT2D eigenvalue weighted by Crippen LogP contribution is 2.31. The molecule has 2 aromatic heterocycles. The Labute approximate surface area is 144 Å². The lowest BCUT2D eigenvalue weighted by Gasteiger charge is -2.12. The van der Waals surface area contributed by atoms with Crippen LogP contribution in [0, 0.1) is 13.8 Å². The Morgan fingerprint density at radius 2 is 1.88 bits per heavy atom. The van der Waals surface area contributed by atoms with Crippen LogP contribution in [0.3, 0.4) is 0 Å². The molecule has 0 spiro atoms. The van der Waals surface area contributed by atoms with Crippen molar-refractivity contribution in [1.82, 2.24) is 15.0 Å². The molecule has 0 radical (unpaired) electrons. The Morgan fingerprint density at radius 3 is 2.58 bits per heavy atom. The van der Waals surface area contributed by atoms with E-state index in [4.69, 9.17) is 22.1 Å². The Morgan fingerprint density at radius 1 is 1.04 bits per heavy atom. The number of hydrogen-bond acceptors (Lipinski definition) is 6. The highest BCUT2D eigenvalue weighted by atomic mass is 35.5. The molecule has 0 aliphatic rings. The highest BCUT2D eigenvalue weighted by Gasteiger charge is 2.11. The Bertz CT molecular complexity index is 867. The third kappa shape index (κ3) is 3.55. The molecule has 6 nitrogen and oxygen atoms in total. The van der Waals surface area contributed by atoms with Crippen LogP contribution >= 0.6 is 11.6 Å². The van der Waals surface area contributed by atoms with Gasteiger partial charge in [-0.3, -0.25) is 0 Å². The van der Waals surface area contributed by atoms with Gasteiger partial charge in [0.15, 0.2) is 5.82 Å². The van der Waals surface area contributed by atoms with E-state index in [1.54, 1.807) is 12.1 Å². The first-order valence-corrected chi connectivity index (χ1v) is 7.65. The number of nitrogen functional groups attached to an aromatic ring is 1. The van der Waals surface area contributed by atoms with Gasteiger partial charge in [0, 0.05) is 6.20 Å². The maximum atomic E-state index is 6.11. The number of nitrogens with one attached hydrogen (secondary N) is 1. The maximum Gasteiger partial charge on any atom is 0.248 e. The largest absolute Gasteiger partial charge is 0.437 e. The van der Waals surface area contributed by atoms with Gasteiger partial charge in [0.1, 0.15) is 23.6 Å². The zero-order chi connectivity index (χ0) is 17.1. The van der Waals surface area contributed by atoms with E-state index in [9.17, 15) is 0 Å². The van der Waals surface area contributed by atoms with Crippen LogP contribution in [0.5, 0.6) is 11.6 Å². The number of anilines is 3. The van der Waals surface area contributed by atoms with E-state index in [0.29, 0.717) is 28.1 Å². The number of nitrogens with zero attached hydrogens (tertiary/aromatic N) is 3. The minimum Gasteiger partial charge on any atom is -0.437 e. The molecular formula is C17H16ClN5O. The normalized spacial score (nSPS) is 10.5. The summed E-state index contributed by atoms with van der Waals surface area (Å²) in [6, 6.07) is 9.25. The molecule has 3 N–H and O–H groups in total. The van der Waals surface area contributed by atoms with Crippen LogP contribution in [0.15, 0.2) is 42.9 Å². The third-order valence-corrected chi connectivity index (χ3v) is 3.74. The van der Waals surface area contributed by atoms with Crippen molar-refractivity contribution >= 4 is 28.9 Å². The van der Waals surface area contributed by atoms with Crippen molar-refractivity contribution in [3.63, 3.8) is 0 Å². The second-order valence-corrected chi connectivity index (χ2v) is 5.71. The van der Waals surface area contributed by atoms with Crippen LogP contribution in [0.4, 0.5) is 17.3 Å². The number of hydrogen-bond donors (Lipinski definition) is 2. The number of aromatic nitrogens is 3. The lowest BCUT2D eigenvalue weighted by Crippen LogP contribution is -2.04. The average Bonchev–Trinajstić information content (AvgIpc) is 2.57. The predicted octanol–water partition coefficient (Wildman–Crippen LogP) is 4.26. The van der Waals surface area contributed by atoms with Gasteiger partial charge >= 0.3 is 0 Å². The summed E-state index contributed by atoms with van der Waals surface area (Å²) in [4.78, 5) is 12.4. The quantitative estimate of drug-likeness (QED) is 0.737. The first kappa shape index (κ1) is 16.0. The molecule has 1 aromatic carbocycles. The van der Waals surface area contributed by atoms with Crippen molar-refractivity contribution in [2.75, 3.05) is 11.1 Å². The minimum atomic E-state index is 0.282. The number of pyridine rings is 1. The molecule has 0 amide bonds. The van der Waals surface area contributed by atoms with Crippen molar-refractivity contribution in [3.8, 4) is 11.6 Å². The molecule has 3 rings (SSSR count). The van der Waals surface area contributed by atoms with Gasteiger partial charge in [-0.1, -0.05) is 17.7 Å². The molecule has 122 valence electrons. The second-order valence-electron chi connectivity index (χ2n) is 5.28. The van der Waals surface area contributed by atoms with E-state index in [1.165, 1.54) is 18.1 Å². The van der Waals surface area contributed by atoms with Crippen LogP contribution in [0.1, 0.15) is 11.1 Å². The topological polar surface area (TPSA) is 86.0 Å². The molecule has 0 bridgehead atoms. The van der Waals surface area contributed by atoms with Crippen LogP contribution in [-0.4, -0.2) is 15.0 Å². The number of halogens is 1. The van der Waals surface area contributed by atoms with Crippen LogP contribution in [-0.2, 0) is 0 Å². The first-order valence-electron chi connectivity index (χ1n) is 7.27. The van der Waals surface area contributed by atoms with Gasteiger partial charge in [0.2, 0.25) is 5.88 Å². The molecule has 0 atom stereocenters. The Hall–Kier alpha value is -2.86. The summed E-state index contributed by atoms with van der Waals surface area (Å²) in [5.41, 5.74) is 8.73. The smallest absolute Gasteiger partial charge is 0.248 e. The molecule has 0 fully saturated rings. The second kappa shape index (κ2) is 6.72. The van der Waals surface area contributed by atoms with Crippen molar-refractivity contribution < 1.29 is 4.74 Å². The standard InChI is InChI=1S/C17H16ClN5O/c1-10-3-5-13(7-11(10)2)24-17-15(19)16(21-9-22-17)23-14-6-4-12(18)8-20-14/h3-9H,19H2,1-2H3,(H,20,21,22,23). The van der Waals surface area contributed by atoms with E-state index in [2.05, 4.69) is 20.3 Å². The molecule has 0 aliphatic heterocycles. The Kier molecular flexibility index (Phi) is 4.48. The molecule has 0 saturated heterocycles. The molecule has 0 aliphatic carbocycles.